The highest BCUT2D eigenvalue weighted by Crippen LogP contribution is 2.37. The summed E-state index contributed by atoms with van der Waals surface area (Å²) in [6.45, 7) is 11.5. The van der Waals surface area contributed by atoms with Gasteiger partial charge in [0.25, 0.3) is 0 Å². The molecule has 2 heterocycles. The summed E-state index contributed by atoms with van der Waals surface area (Å²) in [4.78, 5) is 0. The van der Waals surface area contributed by atoms with Gasteiger partial charge in [-0.3, -0.25) is 4.68 Å². The molecule has 0 spiro atoms. The standard InChI is InChI=1S/C14H25N3O/c1-10-11(9-17(6)16-10)8-15-12-7-13(2,3)18-14(12,4)5/h9,12,15H,7-8H2,1-6H3. The molecule has 0 aliphatic carbocycles. The average molecular weight is 251 g/mol. The van der Waals surface area contributed by atoms with Gasteiger partial charge in [-0.15, -0.1) is 0 Å². The third-order valence-electron chi connectivity index (χ3n) is 3.73. The molecule has 1 saturated heterocycles. The zero-order valence-corrected chi connectivity index (χ0v) is 12.4. The maximum Gasteiger partial charge on any atom is 0.0787 e. The van der Waals surface area contributed by atoms with Crippen molar-refractivity contribution in [2.45, 2.75) is 64.8 Å². The van der Waals surface area contributed by atoms with E-state index in [1.54, 1.807) is 0 Å². The molecule has 0 saturated carbocycles. The fourth-order valence-corrected chi connectivity index (χ4v) is 2.94. The van der Waals surface area contributed by atoms with Crippen molar-refractivity contribution in [3.05, 3.63) is 17.5 Å². The molecule has 2 rings (SSSR count). The van der Waals surface area contributed by atoms with Gasteiger partial charge in [-0.2, -0.15) is 5.10 Å². The van der Waals surface area contributed by atoms with E-state index in [2.05, 4.69) is 51.2 Å². The number of nitrogens with zero attached hydrogens (tertiary/aromatic N) is 2. The van der Waals surface area contributed by atoms with E-state index in [-0.39, 0.29) is 11.2 Å². The van der Waals surface area contributed by atoms with Crippen LogP contribution in [-0.4, -0.2) is 27.0 Å². The van der Waals surface area contributed by atoms with Crippen LogP contribution < -0.4 is 5.32 Å². The van der Waals surface area contributed by atoms with E-state index >= 15 is 0 Å². The molecule has 1 unspecified atom stereocenters. The first kappa shape index (κ1) is 13.6. The molecule has 1 N–H and O–H groups in total. The summed E-state index contributed by atoms with van der Waals surface area (Å²) in [6, 6.07) is 0.382. The average Bonchev–Trinajstić information content (AvgIpc) is 2.59. The highest BCUT2D eigenvalue weighted by Gasteiger charge is 2.45. The number of nitrogens with one attached hydrogen (secondary N) is 1. The van der Waals surface area contributed by atoms with Crippen LogP contribution in [0.2, 0.25) is 0 Å². The van der Waals surface area contributed by atoms with Crippen molar-refractivity contribution in [1.82, 2.24) is 15.1 Å². The van der Waals surface area contributed by atoms with Crippen molar-refractivity contribution in [2.24, 2.45) is 7.05 Å². The summed E-state index contributed by atoms with van der Waals surface area (Å²) >= 11 is 0. The Morgan fingerprint density at radius 2 is 2.11 bits per heavy atom. The zero-order valence-electron chi connectivity index (χ0n) is 12.4. The fraction of sp³-hybridized carbons (Fsp3) is 0.786. The Labute approximate surface area is 110 Å². The van der Waals surface area contributed by atoms with E-state index in [1.165, 1.54) is 5.56 Å². The Bertz CT molecular complexity index is 434. The fourth-order valence-electron chi connectivity index (χ4n) is 2.94. The van der Waals surface area contributed by atoms with Crippen molar-refractivity contribution < 1.29 is 4.74 Å². The molecular weight excluding hydrogens is 226 g/mol. The SMILES string of the molecule is Cc1nn(C)cc1CNC1CC(C)(C)OC1(C)C. The Balaban J connectivity index is 2.00. The predicted octanol–water partition coefficient (Wildman–Crippen LogP) is 2.16. The minimum Gasteiger partial charge on any atom is -0.368 e. The number of aryl methyl sites for hydroxylation is 2. The highest BCUT2D eigenvalue weighted by atomic mass is 16.5. The number of hydrogen-bond donors (Lipinski definition) is 1. The Kier molecular flexibility index (Phi) is 3.28. The molecule has 0 radical (unpaired) electrons. The van der Waals surface area contributed by atoms with E-state index in [0.717, 1.165) is 18.7 Å². The first-order valence-corrected chi connectivity index (χ1v) is 6.62. The van der Waals surface area contributed by atoms with Crippen LogP contribution in [0.5, 0.6) is 0 Å². The van der Waals surface area contributed by atoms with E-state index in [9.17, 15) is 0 Å². The Hall–Kier alpha value is -0.870. The van der Waals surface area contributed by atoms with E-state index in [1.807, 2.05) is 11.7 Å². The largest absolute Gasteiger partial charge is 0.368 e. The summed E-state index contributed by atoms with van der Waals surface area (Å²) < 4.78 is 7.96. The summed E-state index contributed by atoms with van der Waals surface area (Å²) in [5.74, 6) is 0. The minimum absolute atomic E-state index is 0.0366. The van der Waals surface area contributed by atoms with Crippen LogP contribution in [0.1, 0.15) is 45.4 Å². The van der Waals surface area contributed by atoms with Gasteiger partial charge in [0.05, 0.1) is 16.9 Å². The number of aromatic nitrogens is 2. The lowest BCUT2D eigenvalue weighted by molar-refractivity contribution is -0.0699. The summed E-state index contributed by atoms with van der Waals surface area (Å²) in [5.41, 5.74) is 2.21. The number of hydrogen-bond acceptors (Lipinski definition) is 3. The molecule has 1 aromatic heterocycles. The molecule has 4 nitrogen and oxygen atoms in total. The zero-order chi connectivity index (χ0) is 13.6. The molecule has 1 aliphatic heterocycles. The maximum absolute atomic E-state index is 6.09. The quantitative estimate of drug-likeness (QED) is 0.895. The molecule has 1 aliphatic rings. The Morgan fingerprint density at radius 3 is 2.56 bits per heavy atom. The topological polar surface area (TPSA) is 39.1 Å². The molecule has 4 heteroatoms. The second-order valence-electron chi connectivity index (χ2n) is 6.52. The van der Waals surface area contributed by atoms with E-state index in [4.69, 9.17) is 4.74 Å². The first-order chi connectivity index (χ1) is 8.20. The lowest BCUT2D eigenvalue weighted by Crippen LogP contribution is -2.42. The monoisotopic (exact) mass is 251 g/mol. The first-order valence-electron chi connectivity index (χ1n) is 6.62. The maximum atomic E-state index is 6.09. The molecule has 0 amide bonds. The van der Waals surface area contributed by atoms with E-state index < -0.39 is 0 Å². The Morgan fingerprint density at radius 1 is 1.44 bits per heavy atom. The summed E-state index contributed by atoms with van der Waals surface area (Å²) in [7, 11) is 1.96. The van der Waals surface area contributed by atoms with Gasteiger partial charge in [0.1, 0.15) is 0 Å². The molecular formula is C14H25N3O. The van der Waals surface area contributed by atoms with Gasteiger partial charge >= 0.3 is 0 Å². The molecule has 0 bridgehead atoms. The van der Waals surface area contributed by atoms with Crippen LogP contribution in [0, 0.1) is 6.92 Å². The summed E-state index contributed by atoms with van der Waals surface area (Å²) in [6.07, 6.45) is 3.12. The second-order valence-corrected chi connectivity index (χ2v) is 6.52. The third kappa shape index (κ3) is 2.75. The van der Waals surface area contributed by atoms with Crippen molar-refractivity contribution in [3.63, 3.8) is 0 Å². The van der Waals surface area contributed by atoms with Crippen molar-refractivity contribution in [1.29, 1.82) is 0 Å². The molecule has 1 fully saturated rings. The van der Waals surface area contributed by atoms with Gasteiger partial charge < -0.3 is 10.1 Å². The molecule has 0 aromatic carbocycles. The van der Waals surface area contributed by atoms with Crippen molar-refractivity contribution in [2.75, 3.05) is 0 Å². The summed E-state index contributed by atoms with van der Waals surface area (Å²) in [5, 5.41) is 7.99. The number of ether oxygens (including phenoxy) is 1. The molecule has 102 valence electrons. The lowest BCUT2D eigenvalue weighted by atomic mass is 9.94. The van der Waals surface area contributed by atoms with Gasteiger partial charge in [-0.25, -0.2) is 0 Å². The van der Waals surface area contributed by atoms with Crippen molar-refractivity contribution >= 4 is 0 Å². The number of rotatable bonds is 3. The van der Waals surface area contributed by atoms with Gasteiger partial charge in [0.15, 0.2) is 0 Å². The lowest BCUT2D eigenvalue weighted by Gasteiger charge is -2.27. The van der Waals surface area contributed by atoms with Crippen LogP contribution in [0.25, 0.3) is 0 Å². The van der Waals surface area contributed by atoms with Crippen LogP contribution in [0.15, 0.2) is 6.20 Å². The van der Waals surface area contributed by atoms with Gasteiger partial charge in [-0.05, 0) is 41.0 Å². The molecule has 18 heavy (non-hydrogen) atoms. The molecule has 1 aromatic rings. The van der Waals surface area contributed by atoms with Gasteiger partial charge in [-0.1, -0.05) is 0 Å². The van der Waals surface area contributed by atoms with Gasteiger partial charge in [0.2, 0.25) is 0 Å². The molecule has 1 atom stereocenters. The second kappa shape index (κ2) is 4.35. The third-order valence-corrected chi connectivity index (χ3v) is 3.73. The normalized spacial score (nSPS) is 25.6. The van der Waals surface area contributed by atoms with Crippen LogP contribution in [-0.2, 0) is 18.3 Å². The van der Waals surface area contributed by atoms with Crippen molar-refractivity contribution in [3.8, 4) is 0 Å². The van der Waals surface area contributed by atoms with Crippen LogP contribution in [0.4, 0.5) is 0 Å². The van der Waals surface area contributed by atoms with Crippen LogP contribution >= 0.6 is 0 Å². The minimum atomic E-state index is -0.111. The van der Waals surface area contributed by atoms with E-state index in [0.29, 0.717) is 6.04 Å². The predicted molar refractivity (Wildman–Crippen MR) is 72.4 cm³/mol. The highest BCUT2D eigenvalue weighted by molar-refractivity contribution is 5.15. The smallest absolute Gasteiger partial charge is 0.0787 e. The van der Waals surface area contributed by atoms with Crippen LogP contribution in [0.3, 0.4) is 0 Å². The van der Waals surface area contributed by atoms with Gasteiger partial charge in [0, 0.05) is 31.4 Å².